The van der Waals surface area contributed by atoms with Crippen molar-refractivity contribution in [3.63, 3.8) is 0 Å². The topological polar surface area (TPSA) is 64.0 Å². The van der Waals surface area contributed by atoms with Gasteiger partial charge in [0.05, 0.1) is 22.8 Å². The molecule has 3 rings (SSSR count). The fourth-order valence-corrected chi connectivity index (χ4v) is 3.44. The molecule has 0 radical (unpaired) electrons. The van der Waals surface area contributed by atoms with Gasteiger partial charge in [0.15, 0.2) is 0 Å². The van der Waals surface area contributed by atoms with Gasteiger partial charge in [-0.3, -0.25) is 0 Å². The molecule has 0 amide bonds. The molecule has 7 heteroatoms. The van der Waals surface area contributed by atoms with Gasteiger partial charge in [0.25, 0.3) is 0 Å². The molecule has 0 atom stereocenters. The van der Waals surface area contributed by atoms with E-state index in [9.17, 15) is 8.42 Å². The van der Waals surface area contributed by atoms with Crippen molar-refractivity contribution in [3.05, 3.63) is 77.1 Å². The first-order valence-electron chi connectivity index (χ1n) is 7.31. The Kier molecular flexibility index (Phi) is 4.71. The van der Waals surface area contributed by atoms with Crippen LogP contribution < -0.4 is 4.72 Å². The van der Waals surface area contributed by atoms with Crippen LogP contribution in [0.2, 0.25) is 5.02 Å². The molecule has 2 aromatic carbocycles. The summed E-state index contributed by atoms with van der Waals surface area (Å²) < 4.78 is 28.9. The molecule has 0 aliphatic heterocycles. The third-order valence-corrected chi connectivity index (χ3v) is 5.37. The van der Waals surface area contributed by atoms with Crippen molar-refractivity contribution in [2.75, 3.05) is 0 Å². The van der Waals surface area contributed by atoms with Gasteiger partial charge in [-0.15, -0.1) is 0 Å². The molecule has 0 spiro atoms. The molecule has 1 aromatic heterocycles. The zero-order valence-electron chi connectivity index (χ0n) is 13.0. The Labute approximate surface area is 145 Å². The number of aryl methyl sites for hydroxylation is 1. The summed E-state index contributed by atoms with van der Waals surface area (Å²) in [7, 11) is -3.64. The molecule has 0 unspecified atom stereocenters. The zero-order chi connectivity index (χ0) is 17.2. The summed E-state index contributed by atoms with van der Waals surface area (Å²) in [5.74, 6) is 0. The number of halogens is 1. The van der Waals surface area contributed by atoms with Crippen molar-refractivity contribution in [2.45, 2.75) is 18.4 Å². The maximum absolute atomic E-state index is 12.3. The Balaban J connectivity index is 1.73. The Hall–Kier alpha value is -2.15. The second kappa shape index (κ2) is 6.76. The molecule has 3 aromatic rings. The molecule has 1 N–H and O–H groups in total. The van der Waals surface area contributed by atoms with E-state index in [1.807, 2.05) is 37.3 Å². The summed E-state index contributed by atoms with van der Waals surface area (Å²) >= 11 is 6.00. The van der Waals surface area contributed by atoms with Crippen LogP contribution in [0.4, 0.5) is 0 Å². The summed E-state index contributed by atoms with van der Waals surface area (Å²) in [5.41, 5.74) is 2.37. The average Bonchev–Trinajstić information content (AvgIpc) is 3.05. The highest BCUT2D eigenvalue weighted by atomic mass is 35.5. The number of benzene rings is 2. The van der Waals surface area contributed by atoms with Crippen LogP contribution in [0.25, 0.3) is 5.69 Å². The molecule has 24 heavy (non-hydrogen) atoms. The van der Waals surface area contributed by atoms with Crippen molar-refractivity contribution >= 4 is 21.6 Å². The van der Waals surface area contributed by atoms with E-state index < -0.39 is 10.0 Å². The predicted molar refractivity (Wildman–Crippen MR) is 93.8 cm³/mol. The van der Waals surface area contributed by atoms with Gasteiger partial charge < -0.3 is 0 Å². The largest absolute Gasteiger partial charge is 0.241 e. The van der Waals surface area contributed by atoms with E-state index in [1.165, 1.54) is 12.1 Å². The normalized spacial score (nSPS) is 11.6. The number of hydrogen-bond acceptors (Lipinski definition) is 3. The first-order valence-corrected chi connectivity index (χ1v) is 9.17. The highest BCUT2D eigenvalue weighted by Crippen LogP contribution is 2.20. The van der Waals surface area contributed by atoms with Crippen LogP contribution in [-0.4, -0.2) is 18.2 Å². The molecule has 1 heterocycles. The van der Waals surface area contributed by atoms with Crippen LogP contribution in [0.3, 0.4) is 0 Å². The van der Waals surface area contributed by atoms with Crippen molar-refractivity contribution in [3.8, 4) is 5.69 Å². The molecule has 0 fully saturated rings. The van der Waals surface area contributed by atoms with E-state index in [4.69, 9.17) is 11.6 Å². The summed E-state index contributed by atoms with van der Waals surface area (Å²) in [6.07, 6.45) is 1.79. The fourth-order valence-electron chi connectivity index (χ4n) is 2.17. The SMILES string of the molecule is Cc1ccc(S(=O)(=O)NCc2ccn(-c3ccccc3)n2)cc1Cl. The lowest BCUT2D eigenvalue weighted by molar-refractivity contribution is 0.580. The first-order chi connectivity index (χ1) is 11.5. The molecule has 5 nitrogen and oxygen atoms in total. The zero-order valence-corrected chi connectivity index (χ0v) is 14.6. The summed E-state index contributed by atoms with van der Waals surface area (Å²) in [4.78, 5) is 0.139. The highest BCUT2D eigenvalue weighted by molar-refractivity contribution is 7.89. The maximum atomic E-state index is 12.3. The van der Waals surface area contributed by atoms with Gasteiger partial charge in [0.2, 0.25) is 10.0 Å². The summed E-state index contributed by atoms with van der Waals surface area (Å²) in [6.45, 7) is 1.93. The molecule has 0 aliphatic carbocycles. The number of nitrogens with zero attached hydrogens (tertiary/aromatic N) is 2. The van der Waals surface area contributed by atoms with Gasteiger partial charge in [0, 0.05) is 11.2 Å². The molecule has 0 saturated carbocycles. The Morgan fingerprint density at radius 3 is 2.58 bits per heavy atom. The smallest absolute Gasteiger partial charge is 0.240 e. The van der Waals surface area contributed by atoms with Gasteiger partial charge in [-0.25, -0.2) is 17.8 Å². The average molecular weight is 362 g/mol. The van der Waals surface area contributed by atoms with Crippen LogP contribution in [0.15, 0.2) is 65.7 Å². The number of aromatic nitrogens is 2. The van der Waals surface area contributed by atoms with E-state index in [-0.39, 0.29) is 11.4 Å². The number of rotatable bonds is 5. The summed E-state index contributed by atoms with van der Waals surface area (Å²) in [6, 6.07) is 16.0. The Bertz CT molecular complexity index is 953. The lowest BCUT2D eigenvalue weighted by Crippen LogP contribution is -2.23. The van der Waals surface area contributed by atoms with Crippen LogP contribution in [-0.2, 0) is 16.6 Å². The Morgan fingerprint density at radius 1 is 1.12 bits per heavy atom. The van der Waals surface area contributed by atoms with Crippen molar-refractivity contribution in [2.24, 2.45) is 0 Å². The first kappa shape index (κ1) is 16.7. The standard InChI is InChI=1S/C17H16ClN3O2S/c1-13-7-8-16(11-17(13)18)24(22,23)19-12-14-9-10-21(20-14)15-5-3-2-4-6-15/h2-11,19H,12H2,1H3. The molecule has 0 aliphatic rings. The maximum Gasteiger partial charge on any atom is 0.240 e. The minimum absolute atomic E-state index is 0.105. The van der Waals surface area contributed by atoms with Crippen LogP contribution in [0, 0.1) is 6.92 Å². The van der Waals surface area contributed by atoms with Crippen molar-refractivity contribution in [1.82, 2.24) is 14.5 Å². The van der Waals surface area contributed by atoms with E-state index in [2.05, 4.69) is 9.82 Å². The summed E-state index contributed by atoms with van der Waals surface area (Å²) in [5, 5.41) is 4.80. The number of sulfonamides is 1. The third-order valence-electron chi connectivity index (χ3n) is 3.56. The van der Waals surface area contributed by atoms with Crippen LogP contribution in [0.5, 0.6) is 0 Å². The minimum Gasteiger partial charge on any atom is -0.241 e. The van der Waals surface area contributed by atoms with Gasteiger partial charge >= 0.3 is 0 Å². The van der Waals surface area contributed by atoms with Gasteiger partial charge in [-0.2, -0.15) is 5.10 Å². The monoisotopic (exact) mass is 361 g/mol. The molecular weight excluding hydrogens is 346 g/mol. The van der Waals surface area contributed by atoms with Crippen LogP contribution >= 0.6 is 11.6 Å². The third kappa shape index (κ3) is 3.67. The van der Waals surface area contributed by atoms with Gasteiger partial charge in [-0.05, 0) is 42.8 Å². The molecule has 124 valence electrons. The highest BCUT2D eigenvalue weighted by Gasteiger charge is 2.15. The van der Waals surface area contributed by atoms with E-state index in [1.54, 1.807) is 23.0 Å². The van der Waals surface area contributed by atoms with Crippen LogP contribution in [0.1, 0.15) is 11.3 Å². The number of para-hydroxylation sites is 1. The van der Waals surface area contributed by atoms with Crippen molar-refractivity contribution < 1.29 is 8.42 Å². The van der Waals surface area contributed by atoms with Crippen molar-refractivity contribution in [1.29, 1.82) is 0 Å². The minimum atomic E-state index is -3.64. The second-order valence-corrected chi connectivity index (χ2v) is 7.50. The number of hydrogen-bond donors (Lipinski definition) is 1. The lowest BCUT2D eigenvalue weighted by Gasteiger charge is -2.07. The molecule has 0 bridgehead atoms. The molecular formula is C17H16ClN3O2S. The lowest BCUT2D eigenvalue weighted by atomic mass is 10.2. The Morgan fingerprint density at radius 2 is 1.88 bits per heavy atom. The van der Waals surface area contributed by atoms with E-state index >= 15 is 0 Å². The quantitative estimate of drug-likeness (QED) is 0.758. The van der Waals surface area contributed by atoms with Gasteiger partial charge in [0.1, 0.15) is 0 Å². The predicted octanol–water partition coefficient (Wildman–Crippen LogP) is 3.31. The fraction of sp³-hybridized carbons (Fsp3) is 0.118. The number of nitrogens with one attached hydrogen (secondary N) is 1. The van der Waals surface area contributed by atoms with E-state index in [0.717, 1.165) is 11.3 Å². The van der Waals surface area contributed by atoms with E-state index in [0.29, 0.717) is 10.7 Å². The van der Waals surface area contributed by atoms with Gasteiger partial charge in [-0.1, -0.05) is 35.9 Å². The molecule has 0 saturated heterocycles. The second-order valence-electron chi connectivity index (χ2n) is 5.32.